The molecule has 0 aliphatic heterocycles. The van der Waals surface area contributed by atoms with E-state index in [9.17, 15) is 4.79 Å². The minimum absolute atomic E-state index is 0.219. The number of anilines is 1. The van der Waals surface area contributed by atoms with Crippen molar-refractivity contribution in [1.29, 1.82) is 0 Å². The maximum atomic E-state index is 12.1. The van der Waals surface area contributed by atoms with Crippen LogP contribution in [-0.2, 0) is 6.54 Å². The van der Waals surface area contributed by atoms with Crippen molar-refractivity contribution < 1.29 is 4.79 Å². The van der Waals surface area contributed by atoms with Gasteiger partial charge in [0.05, 0.1) is 17.8 Å². The van der Waals surface area contributed by atoms with Crippen molar-refractivity contribution in [2.24, 2.45) is 0 Å². The van der Waals surface area contributed by atoms with Gasteiger partial charge in [0.2, 0.25) is 0 Å². The Morgan fingerprint density at radius 3 is 3.00 bits per heavy atom. The summed E-state index contributed by atoms with van der Waals surface area (Å²) in [6.45, 7) is 0.322. The number of rotatable bonds is 4. The molecule has 0 spiro atoms. The number of nitrogens with one attached hydrogen (secondary N) is 2. The summed E-state index contributed by atoms with van der Waals surface area (Å²) >= 11 is 3.30. The van der Waals surface area contributed by atoms with E-state index in [2.05, 4.69) is 41.7 Å². The number of carbonyl (C=O) groups excluding carboxylic acids is 1. The summed E-state index contributed by atoms with van der Waals surface area (Å²) < 4.78 is 0.746. The summed E-state index contributed by atoms with van der Waals surface area (Å²) in [4.78, 5) is 16.2. The van der Waals surface area contributed by atoms with Crippen LogP contribution in [0.5, 0.6) is 0 Å². The lowest BCUT2D eigenvalue weighted by Crippen LogP contribution is -2.24. The summed E-state index contributed by atoms with van der Waals surface area (Å²) in [5.74, 6) is 0.309. The summed E-state index contributed by atoms with van der Waals surface area (Å²) in [6, 6.07) is 5.28. The lowest BCUT2D eigenvalue weighted by atomic mass is 10.2. The minimum atomic E-state index is -0.219. The van der Waals surface area contributed by atoms with E-state index in [0.29, 0.717) is 23.6 Å². The van der Waals surface area contributed by atoms with Crippen molar-refractivity contribution in [3.8, 4) is 0 Å². The molecule has 0 saturated heterocycles. The van der Waals surface area contributed by atoms with Crippen molar-refractivity contribution in [3.05, 3.63) is 46.3 Å². The van der Waals surface area contributed by atoms with Crippen molar-refractivity contribution in [1.82, 2.24) is 20.5 Å². The molecule has 2 heterocycles. The van der Waals surface area contributed by atoms with Crippen LogP contribution in [-0.4, -0.2) is 28.1 Å². The molecule has 6 nitrogen and oxygen atoms in total. The maximum Gasteiger partial charge on any atom is 0.255 e. The van der Waals surface area contributed by atoms with E-state index in [1.54, 1.807) is 37.6 Å². The average molecular weight is 322 g/mol. The van der Waals surface area contributed by atoms with Gasteiger partial charge in [-0.15, -0.1) is 0 Å². The number of halogens is 1. The van der Waals surface area contributed by atoms with Gasteiger partial charge in [0.1, 0.15) is 5.82 Å². The van der Waals surface area contributed by atoms with Crippen LogP contribution < -0.4 is 10.6 Å². The molecule has 0 aromatic carbocycles. The van der Waals surface area contributed by atoms with E-state index in [1.165, 1.54) is 0 Å². The molecule has 0 unspecified atom stereocenters. The zero-order chi connectivity index (χ0) is 13.7. The van der Waals surface area contributed by atoms with Gasteiger partial charge in [0.15, 0.2) is 0 Å². The van der Waals surface area contributed by atoms with E-state index in [4.69, 9.17) is 0 Å². The quantitative estimate of drug-likeness (QED) is 0.894. The van der Waals surface area contributed by atoms with E-state index < -0.39 is 0 Å². The second-order valence-electron chi connectivity index (χ2n) is 3.70. The number of nitrogens with zero attached hydrogens (tertiary/aromatic N) is 3. The fraction of sp³-hybridized carbons (Fsp3) is 0.167. The fourth-order valence-electron chi connectivity index (χ4n) is 1.51. The molecule has 2 N–H and O–H groups in total. The van der Waals surface area contributed by atoms with E-state index >= 15 is 0 Å². The Labute approximate surface area is 118 Å². The molecule has 0 aliphatic carbocycles. The van der Waals surface area contributed by atoms with Crippen molar-refractivity contribution >= 4 is 27.7 Å². The zero-order valence-corrected chi connectivity index (χ0v) is 11.8. The van der Waals surface area contributed by atoms with Gasteiger partial charge in [-0.25, -0.2) is 4.98 Å². The van der Waals surface area contributed by atoms with Crippen LogP contribution in [0.4, 0.5) is 5.82 Å². The van der Waals surface area contributed by atoms with Crippen LogP contribution in [0.1, 0.15) is 16.1 Å². The molecule has 2 rings (SSSR count). The van der Waals surface area contributed by atoms with E-state index in [1.807, 2.05) is 0 Å². The predicted molar refractivity (Wildman–Crippen MR) is 74.7 cm³/mol. The smallest absolute Gasteiger partial charge is 0.255 e. The SMILES string of the molecule is CNc1ncc(Br)cc1C(=O)NCc1cccnn1. The molecule has 0 saturated carbocycles. The Kier molecular flexibility index (Phi) is 4.40. The maximum absolute atomic E-state index is 12.1. The first-order chi connectivity index (χ1) is 9.20. The second-order valence-corrected chi connectivity index (χ2v) is 4.61. The summed E-state index contributed by atoms with van der Waals surface area (Å²) in [5.41, 5.74) is 1.17. The van der Waals surface area contributed by atoms with E-state index in [0.717, 1.165) is 4.47 Å². The van der Waals surface area contributed by atoms with Crippen LogP contribution in [0.2, 0.25) is 0 Å². The molecule has 0 atom stereocenters. The first kappa shape index (κ1) is 13.4. The molecule has 98 valence electrons. The Morgan fingerprint density at radius 1 is 1.47 bits per heavy atom. The highest BCUT2D eigenvalue weighted by molar-refractivity contribution is 9.10. The van der Waals surface area contributed by atoms with Gasteiger partial charge in [-0.1, -0.05) is 0 Å². The molecule has 0 aliphatic rings. The van der Waals surface area contributed by atoms with Gasteiger partial charge in [0.25, 0.3) is 5.91 Å². The molecule has 7 heteroatoms. The van der Waals surface area contributed by atoms with Gasteiger partial charge in [-0.2, -0.15) is 10.2 Å². The van der Waals surface area contributed by atoms with Gasteiger partial charge < -0.3 is 10.6 Å². The first-order valence-electron chi connectivity index (χ1n) is 5.59. The molecule has 0 fully saturated rings. The topological polar surface area (TPSA) is 79.8 Å². The Bertz CT molecular complexity index is 576. The number of aromatic nitrogens is 3. The molecule has 2 aromatic rings. The molecule has 19 heavy (non-hydrogen) atoms. The molecular weight excluding hydrogens is 310 g/mol. The molecular formula is C12H12BrN5O. The zero-order valence-electron chi connectivity index (χ0n) is 10.2. The largest absolute Gasteiger partial charge is 0.372 e. The molecule has 0 bridgehead atoms. The van der Waals surface area contributed by atoms with Crippen LogP contribution in [0, 0.1) is 0 Å². The second kappa shape index (κ2) is 6.24. The molecule has 1 amide bonds. The molecule has 2 aromatic heterocycles. The Balaban J connectivity index is 2.10. The normalized spacial score (nSPS) is 10.0. The van der Waals surface area contributed by atoms with Gasteiger partial charge in [0, 0.05) is 23.9 Å². The summed E-state index contributed by atoms with van der Waals surface area (Å²) in [6.07, 6.45) is 3.22. The Hall–Kier alpha value is -2.02. The lowest BCUT2D eigenvalue weighted by molar-refractivity contribution is 0.0951. The Morgan fingerprint density at radius 2 is 2.32 bits per heavy atom. The number of amides is 1. The fourth-order valence-corrected chi connectivity index (χ4v) is 1.84. The number of pyridine rings is 1. The highest BCUT2D eigenvalue weighted by atomic mass is 79.9. The average Bonchev–Trinajstić information content (AvgIpc) is 2.46. The van der Waals surface area contributed by atoms with Crippen LogP contribution in [0.3, 0.4) is 0 Å². The number of hydrogen-bond acceptors (Lipinski definition) is 5. The predicted octanol–water partition coefficient (Wildman–Crippen LogP) is 1.61. The van der Waals surface area contributed by atoms with Crippen LogP contribution in [0.15, 0.2) is 35.1 Å². The third kappa shape index (κ3) is 3.47. The van der Waals surface area contributed by atoms with E-state index in [-0.39, 0.29) is 5.91 Å². The highest BCUT2D eigenvalue weighted by Gasteiger charge is 2.12. The summed E-state index contributed by atoms with van der Waals surface area (Å²) in [7, 11) is 1.72. The van der Waals surface area contributed by atoms with Crippen LogP contribution in [0.25, 0.3) is 0 Å². The number of carbonyl (C=O) groups is 1. The van der Waals surface area contributed by atoms with Crippen LogP contribution >= 0.6 is 15.9 Å². The third-order valence-corrected chi connectivity index (χ3v) is 2.83. The highest BCUT2D eigenvalue weighted by Crippen LogP contribution is 2.17. The van der Waals surface area contributed by atoms with Gasteiger partial charge >= 0.3 is 0 Å². The molecule has 0 radical (unpaired) electrons. The lowest BCUT2D eigenvalue weighted by Gasteiger charge is -2.09. The minimum Gasteiger partial charge on any atom is -0.372 e. The third-order valence-electron chi connectivity index (χ3n) is 2.39. The van der Waals surface area contributed by atoms with Crippen molar-refractivity contribution in [3.63, 3.8) is 0 Å². The first-order valence-corrected chi connectivity index (χ1v) is 6.38. The van der Waals surface area contributed by atoms with Gasteiger partial charge in [-0.05, 0) is 34.1 Å². The van der Waals surface area contributed by atoms with Crippen molar-refractivity contribution in [2.45, 2.75) is 6.54 Å². The van der Waals surface area contributed by atoms with Gasteiger partial charge in [-0.3, -0.25) is 4.79 Å². The standard InChI is InChI=1S/C12H12BrN5O/c1-14-11-10(5-8(13)6-15-11)12(19)16-7-9-3-2-4-17-18-9/h2-6H,7H2,1H3,(H,14,15)(H,16,19). The van der Waals surface area contributed by atoms with Crippen molar-refractivity contribution in [2.75, 3.05) is 12.4 Å². The monoisotopic (exact) mass is 321 g/mol. The number of hydrogen-bond donors (Lipinski definition) is 2. The summed E-state index contributed by atoms with van der Waals surface area (Å²) in [5, 5.41) is 13.3.